The van der Waals surface area contributed by atoms with Crippen LogP contribution in [0.5, 0.6) is 0 Å². The molecule has 0 spiro atoms. The molecule has 4 nitrogen and oxygen atoms in total. The highest BCUT2D eigenvalue weighted by atomic mass is 79.9. The smallest absolute Gasteiger partial charge is 0.151 e. The van der Waals surface area contributed by atoms with Crippen LogP contribution in [0.2, 0.25) is 0 Å². The van der Waals surface area contributed by atoms with Crippen molar-refractivity contribution in [2.75, 3.05) is 0 Å². The first-order chi connectivity index (χ1) is 5.20. The van der Waals surface area contributed by atoms with E-state index in [2.05, 4.69) is 9.97 Å². The zero-order valence-corrected chi connectivity index (χ0v) is 11.3. The van der Waals surface area contributed by atoms with Crippen molar-refractivity contribution in [2.45, 2.75) is 12.7 Å². The number of hydrogen-bond acceptors (Lipinski definition) is 3. The van der Waals surface area contributed by atoms with Gasteiger partial charge in [0.15, 0.2) is 5.17 Å². The molecule has 0 aliphatic rings. The van der Waals surface area contributed by atoms with Crippen LogP contribution in [-0.4, -0.2) is 15.1 Å². The third kappa shape index (κ3) is 5.33. The van der Waals surface area contributed by atoms with Crippen molar-refractivity contribution in [3.8, 4) is 0 Å². The van der Waals surface area contributed by atoms with Gasteiger partial charge >= 0.3 is 0 Å². The maximum absolute atomic E-state index is 6.97. The average molecular weight is 332 g/mol. The molecule has 1 heterocycles. The first-order valence-corrected chi connectivity index (χ1v) is 4.14. The van der Waals surface area contributed by atoms with Crippen molar-refractivity contribution in [2.24, 2.45) is 5.73 Å². The molecule has 13 heavy (non-hydrogen) atoms. The summed E-state index contributed by atoms with van der Waals surface area (Å²) < 4.78 is 0. The van der Waals surface area contributed by atoms with Gasteiger partial charge in [-0.25, -0.2) is 4.98 Å². The Balaban J connectivity index is 0. The summed E-state index contributed by atoms with van der Waals surface area (Å²) in [6.07, 6.45) is 1.64. The van der Waals surface area contributed by atoms with E-state index in [1.165, 1.54) is 11.8 Å². The van der Waals surface area contributed by atoms with Crippen molar-refractivity contribution < 1.29 is 0 Å². The second-order valence-corrected chi connectivity index (χ2v) is 3.14. The Morgan fingerprint density at radius 3 is 2.69 bits per heavy atom. The standard InChI is InChI=1S/C6H10N4S.2BrH/c1-4-5(10-3-9-4)2-11-6(7)8;;/h3H,2H2,1H3,(H3,7,8)(H,9,10);2*1H. The van der Waals surface area contributed by atoms with Crippen molar-refractivity contribution in [3.05, 3.63) is 17.7 Å². The second-order valence-electron chi connectivity index (χ2n) is 2.13. The molecule has 1 rings (SSSR count). The summed E-state index contributed by atoms with van der Waals surface area (Å²) in [6.45, 7) is 1.95. The lowest BCUT2D eigenvalue weighted by atomic mass is 10.4. The van der Waals surface area contributed by atoms with E-state index in [0.717, 1.165) is 11.4 Å². The van der Waals surface area contributed by atoms with Gasteiger partial charge in [-0.2, -0.15) is 0 Å². The first-order valence-electron chi connectivity index (χ1n) is 3.16. The van der Waals surface area contributed by atoms with E-state index in [0.29, 0.717) is 5.75 Å². The fourth-order valence-electron chi connectivity index (χ4n) is 0.679. The minimum absolute atomic E-state index is 0. The summed E-state index contributed by atoms with van der Waals surface area (Å²) in [5.41, 5.74) is 7.17. The Morgan fingerprint density at radius 1 is 1.69 bits per heavy atom. The predicted octanol–water partition coefficient (Wildman–Crippen LogP) is 2.00. The molecule has 1 aromatic heterocycles. The highest BCUT2D eigenvalue weighted by Crippen LogP contribution is 2.10. The van der Waals surface area contributed by atoms with Crippen LogP contribution in [0.4, 0.5) is 0 Å². The van der Waals surface area contributed by atoms with Gasteiger partial charge in [0.2, 0.25) is 0 Å². The molecule has 0 saturated heterocycles. The number of nitrogens with zero attached hydrogens (tertiary/aromatic N) is 1. The van der Waals surface area contributed by atoms with Crippen LogP contribution in [0, 0.1) is 12.3 Å². The number of halogens is 2. The van der Waals surface area contributed by atoms with Crippen LogP contribution in [0.1, 0.15) is 11.4 Å². The third-order valence-electron chi connectivity index (χ3n) is 1.30. The van der Waals surface area contributed by atoms with Gasteiger partial charge in [0.05, 0.1) is 12.0 Å². The second kappa shape index (κ2) is 7.40. The largest absolute Gasteiger partial charge is 0.379 e. The number of nitrogens with one attached hydrogen (secondary N) is 2. The summed E-state index contributed by atoms with van der Waals surface area (Å²) in [5.74, 6) is 0.671. The molecular weight excluding hydrogens is 320 g/mol. The highest BCUT2D eigenvalue weighted by Gasteiger charge is 2.00. The van der Waals surface area contributed by atoms with Crippen LogP contribution in [-0.2, 0) is 5.75 Å². The number of hydrogen-bond donors (Lipinski definition) is 3. The molecule has 0 radical (unpaired) electrons. The molecule has 0 aromatic carbocycles. The minimum atomic E-state index is 0. The third-order valence-corrected chi connectivity index (χ3v) is 2.03. The summed E-state index contributed by atoms with van der Waals surface area (Å²) in [5, 5.41) is 7.10. The Kier molecular flexibility index (Phi) is 8.80. The summed E-state index contributed by atoms with van der Waals surface area (Å²) >= 11 is 1.28. The maximum atomic E-state index is 6.97. The molecule has 0 unspecified atom stereocenters. The number of aryl methyl sites for hydroxylation is 1. The van der Waals surface area contributed by atoms with E-state index < -0.39 is 0 Å². The first kappa shape index (κ1) is 15.5. The van der Waals surface area contributed by atoms with Crippen LogP contribution in [0.3, 0.4) is 0 Å². The fourth-order valence-corrected chi connectivity index (χ4v) is 1.26. The summed E-state index contributed by atoms with van der Waals surface area (Å²) in [6, 6.07) is 0. The quantitative estimate of drug-likeness (QED) is 0.573. The molecule has 0 bridgehead atoms. The summed E-state index contributed by atoms with van der Waals surface area (Å²) in [7, 11) is 0. The molecule has 76 valence electrons. The Labute approximate surface area is 102 Å². The normalized spacial score (nSPS) is 8.38. The van der Waals surface area contributed by atoms with Crippen LogP contribution in [0.25, 0.3) is 0 Å². The van der Waals surface area contributed by atoms with Crippen LogP contribution < -0.4 is 5.73 Å². The zero-order valence-electron chi connectivity index (χ0n) is 7.03. The minimum Gasteiger partial charge on any atom is -0.379 e. The molecule has 0 atom stereocenters. The van der Waals surface area contributed by atoms with Gasteiger partial charge < -0.3 is 10.7 Å². The van der Waals surface area contributed by atoms with Gasteiger partial charge in [-0.15, -0.1) is 34.0 Å². The SMILES string of the molecule is Br.Br.Cc1[nH]cnc1CSC(=N)N. The van der Waals surface area contributed by atoms with Gasteiger partial charge in [-0.1, -0.05) is 11.8 Å². The lowest BCUT2D eigenvalue weighted by Gasteiger charge is -1.95. The van der Waals surface area contributed by atoms with E-state index >= 15 is 0 Å². The summed E-state index contributed by atoms with van der Waals surface area (Å²) in [4.78, 5) is 7.02. The van der Waals surface area contributed by atoms with Crippen molar-refractivity contribution in [1.29, 1.82) is 5.41 Å². The Morgan fingerprint density at radius 2 is 2.31 bits per heavy atom. The topological polar surface area (TPSA) is 78.5 Å². The molecule has 1 aromatic rings. The zero-order chi connectivity index (χ0) is 8.27. The molecular formula is C6H12Br2N4S. The highest BCUT2D eigenvalue weighted by molar-refractivity contribution is 8.93. The van der Waals surface area contributed by atoms with Crippen molar-refractivity contribution in [1.82, 2.24) is 9.97 Å². The number of amidine groups is 1. The predicted molar refractivity (Wildman–Crippen MR) is 67.2 cm³/mol. The van der Waals surface area contributed by atoms with Crippen LogP contribution >= 0.6 is 45.7 Å². The Bertz CT molecular complexity index is 263. The molecule has 0 aliphatic carbocycles. The van der Waals surface area contributed by atoms with Crippen molar-refractivity contribution in [3.63, 3.8) is 0 Å². The number of nitrogens with two attached hydrogens (primary N) is 1. The number of imidazole rings is 1. The van der Waals surface area contributed by atoms with Gasteiger partial charge in [0.1, 0.15) is 0 Å². The molecule has 7 heteroatoms. The monoisotopic (exact) mass is 330 g/mol. The molecule has 0 aliphatic heterocycles. The molecule has 0 fully saturated rings. The van der Waals surface area contributed by atoms with Gasteiger partial charge in [0.25, 0.3) is 0 Å². The van der Waals surface area contributed by atoms with E-state index in [4.69, 9.17) is 11.1 Å². The number of rotatable bonds is 2. The fraction of sp³-hybridized carbons (Fsp3) is 0.333. The van der Waals surface area contributed by atoms with E-state index in [1.54, 1.807) is 6.33 Å². The number of aromatic nitrogens is 2. The van der Waals surface area contributed by atoms with E-state index in [1.807, 2.05) is 6.92 Å². The van der Waals surface area contributed by atoms with Gasteiger partial charge in [0, 0.05) is 11.4 Å². The average Bonchev–Trinajstić information content (AvgIpc) is 2.31. The van der Waals surface area contributed by atoms with E-state index in [9.17, 15) is 0 Å². The number of H-pyrrole nitrogens is 1. The molecule has 0 saturated carbocycles. The number of thioether (sulfide) groups is 1. The van der Waals surface area contributed by atoms with Crippen molar-refractivity contribution >= 4 is 50.9 Å². The molecule has 0 amide bonds. The van der Waals surface area contributed by atoms with Gasteiger partial charge in [-0.3, -0.25) is 5.41 Å². The lowest BCUT2D eigenvalue weighted by molar-refractivity contribution is 1.19. The lowest BCUT2D eigenvalue weighted by Crippen LogP contribution is -2.04. The van der Waals surface area contributed by atoms with E-state index in [-0.39, 0.29) is 39.1 Å². The van der Waals surface area contributed by atoms with Gasteiger partial charge in [-0.05, 0) is 6.92 Å². The van der Waals surface area contributed by atoms with Crippen LogP contribution in [0.15, 0.2) is 6.33 Å². The Hall–Kier alpha value is -0.0100. The molecule has 4 N–H and O–H groups in total. The maximum Gasteiger partial charge on any atom is 0.151 e. The number of aromatic amines is 1.